The monoisotopic (exact) mass is 244 g/mol. The van der Waals surface area contributed by atoms with E-state index in [2.05, 4.69) is 42.0 Å². The molecule has 2 aromatic rings. The maximum absolute atomic E-state index is 5.76. The lowest BCUT2D eigenvalue weighted by Crippen LogP contribution is -2.28. The second-order valence-electron chi connectivity index (χ2n) is 4.85. The lowest BCUT2D eigenvalue weighted by atomic mass is 10.2. The fourth-order valence-corrected chi connectivity index (χ4v) is 1.81. The standard InChI is InChI=1S/C14H20N4/c1-17(2)8-9-18(3)14-7-4-11-10-12(15)5-6-13(11)16-14/h4-7,10H,8-9,15H2,1-3H3. The molecule has 0 aliphatic carbocycles. The number of likely N-dealkylation sites (N-methyl/N-ethyl adjacent to an activating group) is 2. The van der Waals surface area contributed by atoms with Crippen molar-refractivity contribution < 1.29 is 0 Å². The fourth-order valence-electron chi connectivity index (χ4n) is 1.81. The summed E-state index contributed by atoms with van der Waals surface area (Å²) in [6, 6.07) is 9.91. The first-order valence-corrected chi connectivity index (χ1v) is 6.08. The van der Waals surface area contributed by atoms with Gasteiger partial charge in [-0.3, -0.25) is 0 Å². The summed E-state index contributed by atoms with van der Waals surface area (Å²) in [5.41, 5.74) is 7.52. The van der Waals surface area contributed by atoms with Crippen LogP contribution in [0, 0.1) is 0 Å². The average Bonchev–Trinajstić information content (AvgIpc) is 2.35. The fraction of sp³-hybridized carbons (Fsp3) is 0.357. The molecule has 2 rings (SSSR count). The predicted octanol–water partition coefficient (Wildman–Crippen LogP) is 1.81. The van der Waals surface area contributed by atoms with Crippen molar-refractivity contribution in [1.29, 1.82) is 0 Å². The van der Waals surface area contributed by atoms with Crippen molar-refractivity contribution in [2.24, 2.45) is 0 Å². The van der Waals surface area contributed by atoms with Crippen LogP contribution in [-0.4, -0.2) is 44.1 Å². The van der Waals surface area contributed by atoms with Crippen molar-refractivity contribution in [3.8, 4) is 0 Å². The molecule has 0 spiro atoms. The smallest absolute Gasteiger partial charge is 0.129 e. The summed E-state index contributed by atoms with van der Waals surface area (Å²) in [4.78, 5) is 8.97. The van der Waals surface area contributed by atoms with Gasteiger partial charge in [0.05, 0.1) is 5.52 Å². The van der Waals surface area contributed by atoms with E-state index in [0.717, 1.165) is 35.5 Å². The van der Waals surface area contributed by atoms with Gasteiger partial charge >= 0.3 is 0 Å². The Bertz CT molecular complexity index is 536. The van der Waals surface area contributed by atoms with Gasteiger partial charge in [0.25, 0.3) is 0 Å². The molecular weight excluding hydrogens is 224 g/mol. The topological polar surface area (TPSA) is 45.4 Å². The van der Waals surface area contributed by atoms with Gasteiger partial charge < -0.3 is 15.5 Å². The predicted molar refractivity (Wildman–Crippen MR) is 78.0 cm³/mol. The quantitative estimate of drug-likeness (QED) is 0.833. The number of hydrogen-bond donors (Lipinski definition) is 1. The minimum atomic E-state index is 0.776. The average molecular weight is 244 g/mol. The zero-order chi connectivity index (χ0) is 13.1. The molecule has 4 nitrogen and oxygen atoms in total. The Balaban J connectivity index is 2.21. The number of aromatic nitrogens is 1. The zero-order valence-electron chi connectivity index (χ0n) is 11.2. The molecule has 0 radical (unpaired) electrons. The van der Waals surface area contributed by atoms with Gasteiger partial charge in [-0.25, -0.2) is 4.98 Å². The number of pyridine rings is 1. The molecule has 0 unspecified atom stereocenters. The van der Waals surface area contributed by atoms with Crippen LogP contribution >= 0.6 is 0 Å². The molecule has 1 heterocycles. The number of nitrogens with two attached hydrogens (primary N) is 1. The van der Waals surface area contributed by atoms with Crippen molar-refractivity contribution in [1.82, 2.24) is 9.88 Å². The molecule has 0 saturated heterocycles. The molecule has 0 saturated carbocycles. The molecule has 0 aliphatic rings. The molecule has 1 aromatic carbocycles. The van der Waals surface area contributed by atoms with E-state index in [9.17, 15) is 0 Å². The van der Waals surface area contributed by atoms with Gasteiger partial charge in [-0.1, -0.05) is 0 Å². The molecule has 96 valence electrons. The van der Waals surface area contributed by atoms with E-state index < -0.39 is 0 Å². The molecule has 4 heteroatoms. The highest BCUT2D eigenvalue weighted by Crippen LogP contribution is 2.19. The third-order valence-electron chi connectivity index (χ3n) is 2.97. The van der Waals surface area contributed by atoms with Crippen LogP contribution in [0.15, 0.2) is 30.3 Å². The van der Waals surface area contributed by atoms with Crippen molar-refractivity contribution in [3.05, 3.63) is 30.3 Å². The Labute approximate surface area is 108 Å². The van der Waals surface area contributed by atoms with E-state index in [4.69, 9.17) is 5.73 Å². The van der Waals surface area contributed by atoms with Crippen LogP contribution in [0.5, 0.6) is 0 Å². The van der Waals surface area contributed by atoms with E-state index in [0.29, 0.717) is 0 Å². The van der Waals surface area contributed by atoms with Crippen LogP contribution < -0.4 is 10.6 Å². The van der Waals surface area contributed by atoms with Crippen molar-refractivity contribution >= 4 is 22.4 Å². The van der Waals surface area contributed by atoms with Crippen LogP contribution in [-0.2, 0) is 0 Å². The van der Waals surface area contributed by atoms with Gasteiger partial charge in [-0.05, 0) is 44.4 Å². The highest BCUT2D eigenvalue weighted by molar-refractivity contribution is 5.83. The summed E-state index contributed by atoms with van der Waals surface area (Å²) >= 11 is 0. The van der Waals surface area contributed by atoms with Gasteiger partial charge in [0.1, 0.15) is 5.82 Å². The van der Waals surface area contributed by atoms with Gasteiger partial charge in [0, 0.05) is 31.2 Å². The third kappa shape index (κ3) is 2.90. The summed E-state index contributed by atoms with van der Waals surface area (Å²) < 4.78 is 0. The normalized spacial score (nSPS) is 11.1. The molecule has 18 heavy (non-hydrogen) atoms. The Morgan fingerprint density at radius 2 is 1.83 bits per heavy atom. The highest BCUT2D eigenvalue weighted by atomic mass is 15.2. The number of rotatable bonds is 4. The minimum Gasteiger partial charge on any atom is -0.399 e. The number of fused-ring (bicyclic) bond motifs is 1. The van der Waals surface area contributed by atoms with Crippen LogP contribution in [0.3, 0.4) is 0 Å². The summed E-state index contributed by atoms with van der Waals surface area (Å²) in [5, 5.41) is 1.08. The first-order valence-electron chi connectivity index (χ1n) is 6.08. The first-order chi connectivity index (χ1) is 8.56. The Hall–Kier alpha value is -1.81. The van der Waals surface area contributed by atoms with Gasteiger partial charge in [0.2, 0.25) is 0 Å². The lowest BCUT2D eigenvalue weighted by Gasteiger charge is -2.20. The Morgan fingerprint density at radius 1 is 1.06 bits per heavy atom. The number of hydrogen-bond acceptors (Lipinski definition) is 4. The zero-order valence-corrected chi connectivity index (χ0v) is 11.2. The SMILES string of the molecule is CN(C)CCN(C)c1ccc2cc(N)ccc2n1. The van der Waals surface area contributed by atoms with Crippen LogP contribution in [0.25, 0.3) is 10.9 Å². The summed E-state index contributed by atoms with van der Waals surface area (Å²) in [7, 11) is 6.21. The number of nitrogen functional groups attached to an aromatic ring is 1. The van der Waals surface area contributed by atoms with E-state index >= 15 is 0 Å². The maximum Gasteiger partial charge on any atom is 0.129 e. The summed E-state index contributed by atoms with van der Waals surface area (Å²) in [5.74, 6) is 0.995. The van der Waals surface area contributed by atoms with Gasteiger partial charge in [-0.2, -0.15) is 0 Å². The number of anilines is 2. The minimum absolute atomic E-state index is 0.776. The van der Waals surface area contributed by atoms with Crippen molar-refractivity contribution in [2.45, 2.75) is 0 Å². The summed E-state index contributed by atoms with van der Waals surface area (Å²) in [6.07, 6.45) is 0. The Morgan fingerprint density at radius 3 is 2.56 bits per heavy atom. The molecule has 0 atom stereocenters. The van der Waals surface area contributed by atoms with Crippen LogP contribution in [0.1, 0.15) is 0 Å². The second-order valence-corrected chi connectivity index (χ2v) is 4.85. The molecule has 0 aliphatic heterocycles. The van der Waals surface area contributed by atoms with Crippen molar-refractivity contribution in [2.75, 3.05) is 44.9 Å². The van der Waals surface area contributed by atoms with Gasteiger partial charge in [0.15, 0.2) is 0 Å². The second kappa shape index (κ2) is 5.23. The highest BCUT2D eigenvalue weighted by Gasteiger charge is 2.04. The molecule has 0 amide bonds. The largest absolute Gasteiger partial charge is 0.399 e. The van der Waals surface area contributed by atoms with E-state index in [1.807, 2.05) is 24.3 Å². The molecule has 0 fully saturated rings. The van der Waals surface area contributed by atoms with E-state index in [1.165, 1.54) is 0 Å². The van der Waals surface area contributed by atoms with Crippen LogP contribution in [0.2, 0.25) is 0 Å². The lowest BCUT2D eigenvalue weighted by molar-refractivity contribution is 0.416. The molecule has 1 aromatic heterocycles. The van der Waals surface area contributed by atoms with E-state index in [1.54, 1.807) is 0 Å². The Kier molecular flexibility index (Phi) is 3.67. The van der Waals surface area contributed by atoms with Crippen molar-refractivity contribution in [3.63, 3.8) is 0 Å². The number of nitrogens with zero attached hydrogens (tertiary/aromatic N) is 3. The van der Waals surface area contributed by atoms with Gasteiger partial charge in [-0.15, -0.1) is 0 Å². The van der Waals surface area contributed by atoms with E-state index in [-0.39, 0.29) is 0 Å². The maximum atomic E-state index is 5.76. The molecule has 2 N–H and O–H groups in total. The number of benzene rings is 1. The van der Waals surface area contributed by atoms with Crippen LogP contribution in [0.4, 0.5) is 11.5 Å². The first kappa shape index (κ1) is 12.6. The third-order valence-corrected chi connectivity index (χ3v) is 2.97. The summed E-state index contributed by atoms with van der Waals surface area (Å²) in [6.45, 7) is 1.97. The molecular formula is C14H20N4. The molecule has 0 bridgehead atoms.